The molecule has 5 heteroatoms. The topological polar surface area (TPSA) is 63.4 Å². The average Bonchev–Trinajstić information content (AvgIpc) is 2.35. The van der Waals surface area contributed by atoms with Gasteiger partial charge in [-0.2, -0.15) is 4.31 Å². The van der Waals surface area contributed by atoms with Crippen LogP contribution < -0.4 is 5.73 Å². The lowest BCUT2D eigenvalue weighted by molar-refractivity contribution is 0.441. The minimum atomic E-state index is -3.51. The molecule has 0 aliphatic heterocycles. The maximum absolute atomic E-state index is 12.6. The van der Waals surface area contributed by atoms with Crippen LogP contribution in [0.1, 0.15) is 24.5 Å². The first-order chi connectivity index (χ1) is 8.84. The molecule has 1 rings (SSSR count). The van der Waals surface area contributed by atoms with E-state index in [-0.39, 0.29) is 4.90 Å². The summed E-state index contributed by atoms with van der Waals surface area (Å²) in [5.74, 6) is 0. The molecule has 1 aromatic carbocycles. The van der Waals surface area contributed by atoms with Gasteiger partial charge in [-0.3, -0.25) is 0 Å². The summed E-state index contributed by atoms with van der Waals surface area (Å²) in [7, 11) is -3.51. The van der Waals surface area contributed by atoms with Gasteiger partial charge in [0.15, 0.2) is 0 Å². The van der Waals surface area contributed by atoms with Crippen molar-refractivity contribution in [2.45, 2.75) is 32.1 Å². The van der Waals surface area contributed by atoms with Crippen LogP contribution in [0.15, 0.2) is 29.7 Å². The molecule has 19 heavy (non-hydrogen) atoms. The van der Waals surface area contributed by atoms with Crippen LogP contribution in [0.25, 0.3) is 0 Å². The van der Waals surface area contributed by atoms with E-state index in [1.807, 2.05) is 20.8 Å². The van der Waals surface area contributed by atoms with Crippen LogP contribution in [-0.4, -0.2) is 25.8 Å². The van der Waals surface area contributed by atoms with Crippen molar-refractivity contribution in [1.29, 1.82) is 0 Å². The molecule has 0 heterocycles. The molecule has 0 aliphatic rings. The molecule has 0 bridgehead atoms. The summed E-state index contributed by atoms with van der Waals surface area (Å²) >= 11 is 0. The van der Waals surface area contributed by atoms with Crippen molar-refractivity contribution in [3.63, 3.8) is 0 Å². The highest BCUT2D eigenvalue weighted by atomic mass is 32.2. The molecule has 1 aromatic rings. The first-order valence-corrected chi connectivity index (χ1v) is 7.76. The highest BCUT2D eigenvalue weighted by Crippen LogP contribution is 2.24. The largest absolute Gasteiger partial charge is 0.398 e. The van der Waals surface area contributed by atoms with Crippen molar-refractivity contribution in [2.75, 3.05) is 18.8 Å². The average molecular weight is 282 g/mol. The van der Waals surface area contributed by atoms with Gasteiger partial charge in [0.1, 0.15) is 0 Å². The van der Waals surface area contributed by atoms with Crippen LogP contribution in [-0.2, 0) is 10.0 Å². The fraction of sp³-hybridized carbons (Fsp3) is 0.429. The van der Waals surface area contributed by atoms with Crippen LogP contribution in [0.3, 0.4) is 0 Å². The summed E-state index contributed by atoms with van der Waals surface area (Å²) in [5, 5.41) is 0. The number of hydrogen-bond acceptors (Lipinski definition) is 3. The highest BCUT2D eigenvalue weighted by Gasteiger charge is 2.23. The molecule has 0 saturated heterocycles. The van der Waals surface area contributed by atoms with Gasteiger partial charge in [-0.05, 0) is 43.5 Å². The van der Waals surface area contributed by atoms with Crippen molar-refractivity contribution < 1.29 is 8.42 Å². The number of nitrogen functional groups attached to an aromatic ring is 1. The zero-order valence-corrected chi connectivity index (χ0v) is 12.6. The van der Waals surface area contributed by atoms with Gasteiger partial charge in [0.2, 0.25) is 10.0 Å². The van der Waals surface area contributed by atoms with Crippen LogP contribution >= 0.6 is 0 Å². The zero-order valence-electron chi connectivity index (χ0n) is 11.8. The van der Waals surface area contributed by atoms with Gasteiger partial charge in [-0.1, -0.05) is 13.0 Å². The van der Waals surface area contributed by atoms with E-state index in [0.29, 0.717) is 18.8 Å². The zero-order chi connectivity index (χ0) is 14.6. The van der Waals surface area contributed by atoms with Crippen molar-refractivity contribution in [1.82, 2.24) is 4.31 Å². The Balaban J connectivity index is 3.28. The van der Waals surface area contributed by atoms with E-state index in [2.05, 4.69) is 6.58 Å². The summed E-state index contributed by atoms with van der Waals surface area (Å²) in [6, 6.07) is 3.20. The lowest BCUT2D eigenvalue weighted by Crippen LogP contribution is -2.32. The van der Waals surface area contributed by atoms with Gasteiger partial charge in [0.05, 0.1) is 4.90 Å². The second-order valence-electron chi connectivity index (χ2n) is 4.61. The molecule has 0 atom stereocenters. The molecular weight excluding hydrogens is 260 g/mol. The Kier molecular flexibility index (Phi) is 5.14. The third-order valence-electron chi connectivity index (χ3n) is 3.12. The second kappa shape index (κ2) is 6.21. The third-order valence-corrected chi connectivity index (χ3v) is 4.97. The number of hydrogen-bond donors (Lipinski definition) is 1. The van der Waals surface area contributed by atoms with Gasteiger partial charge in [0.25, 0.3) is 0 Å². The Labute approximate surface area is 116 Å². The van der Waals surface area contributed by atoms with Gasteiger partial charge in [-0.15, -0.1) is 6.58 Å². The van der Waals surface area contributed by atoms with E-state index in [4.69, 9.17) is 5.73 Å². The van der Waals surface area contributed by atoms with E-state index in [9.17, 15) is 8.42 Å². The van der Waals surface area contributed by atoms with Crippen LogP contribution in [0, 0.1) is 13.8 Å². The Morgan fingerprint density at radius 3 is 2.47 bits per heavy atom. The summed E-state index contributed by atoms with van der Waals surface area (Å²) in [6.07, 6.45) is 2.35. The molecule has 0 radical (unpaired) electrons. The first-order valence-electron chi connectivity index (χ1n) is 6.32. The number of rotatable bonds is 6. The molecule has 0 saturated carbocycles. The standard InChI is InChI=1S/C14H22N2O2S/c1-5-7-16(8-6-2)19(17,18)13-9-11(3)12(4)14(15)10-13/h5,9-10H,1,6-8,15H2,2-4H3. The molecular formula is C14H22N2O2S. The number of anilines is 1. The van der Waals surface area contributed by atoms with Crippen molar-refractivity contribution >= 4 is 15.7 Å². The second-order valence-corrected chi connectivity index (χ2v) is 6.54. The van der Waals surface area contributed by atoms with Gasteiger partial charge in [-0.25, -0.2) is 8.42 Å². The fourth-order valence-corrected chi connectivity index (χ4v) is 3.48. The molecule has 0 aliphatic carbocycles. The summed E-state index contributed by atoms with van der Waals surface area (Å²) in [5.41, 5.74) is 8.18. The van der Waals surface area contributed by atoms with Crippen LogP contribution in [0.5, 0.6) is 0 Å². The summed E-state index contributed by atoms with van der Waals surface area (Å²) in [6.45, 7) is 10.1. The molecule has 0 unspecified atom stereocenters. The molecule has 0 aromatic heterocycles. The lowest BCUT2D eigenvalue weighted by atomic mass is 10.1. The Morgan fingerprint density at radius 1 is 1.37 bits per heavy atom. The summed E-state index contributed by atoms with van der Waals surface area (Å²) in [4.78, 5) is 0.253. The molecule has 0 amide bonds. The van der Waals surface area contributed by atoms with Gasteiger partial charge in [0, 0.05) is 18.8 Å². The number of benzene rings is 1. The quantitative estimate of drug-likeness (QED) is 0.644. The number of nitrogens with two attached hydrogens (primary N) is 1. The Hall–Kier alpha value is -1.33. The van der Waals surface area contributed by atoms with E-state index in [1.54, 1.807) is 12.1 Å². The highest BCUT2D eigenvalue weighted by molar-refractivity contribution is 7.89. The normalized spacial score (nSPS) is 11.8. The van der Waals surface area contributed by atoms with E-state index >= 15 is 0 Å². The number of aryl methyl sites for hydroxylation is 1. The Morgan fingerprint density at radius 2 is 2.00 bits per heavy atom. The smallest absolute Gasteiger partial charge is 0.243 e. The SMILES string of the molecule is C=CCN(CCC)S(=O)(=O)c1cc(C)c(C)c(N)c1. The number of nitrogens with zero attached hydrogens (tertiary/aromatic N) is 1. The van der Waals surface area contributed by atoms with Crippen LogP contribution in [0.2, 0.25) is 0 Å². The van der Waals surface area contributed by atoms with Crippen molar-refractivity contribution in [2.24, 2.45) is 0 Å². The Bertz CT molecular complexity index is 542. The monoisotopic (exact) mass is 282 g/mol. The van der Waals surface area contributed by atoms with E-state index in [0.717, 1.165) is 17.5 Å². The molecule has 4 nitrogen and oxygen atoms in total. The lowest BCUT2D eigenvalue weighted by Gasteiger charge is -2.21. The van der Waals surface area contributed by atoms with Crippen molar-refractivity contribution in [3.05, 3.63) is 35.9 Å². The first kappa shape index (κ1) is 15.7. The molecule has 0 fully saturated rings. The van der Waals surface area contributed by atoms with E-state index in [1.165, 1.54) is 10.4 Å². The molecule has 2 N–H and O–H groups in total. The summed E-state index contributed by atoms with van der Waals surface area (Å²) < 4.78 is 26.5. The fourth-order valence-electron chi connectivity index (χ4n) is 1.85. The third kappa shape index (κ3) is 3.36. The predicted octanol–water partition coefficient (Wildman–Crippen LogP) is 2.47. The van der Waals surface area contributed by atoms with Crippen molar-refractivity contribution in [3.8, 4) is 0 Å². The van der Waals surface area contributed by atoms with E-state index < -0.39 is 10.0 Å². The van der Waals surface area contributed by atoms with Gasteiger partial charge < -0.3 is 5.73 Å². The molecule has 0 spiro atoms. The van der Waals surface area contributed by atoms with Gasteiger partial charge >= 0.3 is 0 Å². The molecule has 106 valence electrons. The minimum absolute atomic E-state index is 0.253. The minimum Gasteiger partial charge on any atom is -0.398 e. The maximum atomic E-state index is 12.6. The number of sulfonamides is 1. The maximum Gasteiger partial charge on any atom is 0.243 e. The predicted molar refractivity (Wildman–Crippen MR) is 79.6 cm³/mol. The van der Waals surface area contributed by atoms with Crippen LogP contribution in [0.4, 0.5) is 5.69 Å².